The summed E-state index contributed by atoms with van der Waals surface area (Å²) < 4.78 is 44.2. The predicted octanol–water partition coefficient (Wildman–Crippen LogP) is 3.76. The topological polar surface area (TPSA) is 85.2 Å². The molecule has 0 unspecified atom stereocenters. The molecular formula is C18H20F3N5O2. The summed E-state index contributed by atoms with van der Waals surface area (Å²) in [5.74, 6) is 0.166. The number of esters is 1. The normalized spacial score (nSPS) is 22.9. The van der Waals surface area contributed by atoms with E-state index in [0.29, 0.717) is 18.5 Å². The Kier molecular flexibility index (Phi) is 4.72. The van der Waals surface area contributed by atoms with E-state index in [9.17, 15) is 18.0 Å². The van der Waals surface area contributed by atoms with Gasteiger partial charge in [-0.05, 0) is 24.8 Å². The number of nitrogens with one attached hydrogen (secondary N) is 1. The highest BCUT2D eigenvalue weighted by atomic mass is 19.4. The molecule has 0 spiro atoms. The van der Waals surface area contributed by atoms with Crippen molar-refractivity contribution in [1.82, 2.24) is 24.6 Å². The standard InChI is InChI=1S/C18H20F3N5O2/c1-2-10-7-11(28-15(27)3-5-18(19,20)21)8-12(10)17-25-24-14-9-23-16-13(26(14)17)4-6-22-16/h4,6,9-12,22H,2-3,5,7-8H2,1H3/t10-,11-,12+/m1/s1. The van der Waals surface area contributed by atoms with Gasteiger partial charge in [-0.2, -0.15) is 13.2 Å². The van der Waals surface area contributed by atoms with Gasteiger partial charge < -0.3 is 9.72 Å². The summed E-state index contributed by atoms with van der Waals surface area (Å²) >= 11 is 0. The molecule has 1 aliphatic rings. The number of aromatic amines is 1. The summed E-state index contributed by atoms with van der Waals surface area (Å²) in [5.41, 5.74) is 2.20. The summed E-state index contributed by atoms with van der Waals surface area (Å²) in [4.78, 5) is 19.2. The zero-order valence-corrected chi connectivity index (χ0v) is 15.2. The molecule has 0 aromatic carbocycles. The van der Waals surface area contributed by atoms with Gasteiger partial charge in [0.25, 0.3) is 0 Å². The highest BCUT2D eigenvalue weighted by molar-refractivity contribution is 5.74. The second kappa shape index (κ2) is 7.06. The third-order valence-electron chi connectivity index (χ3n) is 5.39. The molecule has 0 saturated heterocycles. The lowest BCUT2D eigenvalue weighted by Crippen LogP contribution is -2.18. The number of nitrogens with zero attached hydrogens (tertiary/aromatic N) is 4. The number of alkyl halides is 3. The van der Waals surface area contributed by atoms with Crippen LogP contribution in [0.2, 0.25) is 0 Å². The minimum absolute atomic E-state index is 0.000848. The molecule has 0 bridgehead atoms. The first-order chi connectivity index (χ1) is 13.4. The number of ether oxygens (including phenoxy) is 1. The van der Waals surface area contributed by atoms with Crippen molar-refractivity contribution in [3.05, 3.63) is 24.3 Å². The van der Waals surface area contributed by atoms with Crippen molar-refractivity contribution >= 4 is 22.8 Å². The van der Waals surface area contributed by atoms with Gasteiger partial charge in [-0.15, -0.1) is 10.2 Å². The largest absolute Gasteiger partial charge is 0.462 e. The number of hydrogen-bond acceptors (Lipinski definition) is 5. The van der Waals surface area contributed by atoms with E-state index >= 15 is 0 Å². The van der Waals surface area contributed by atoms with Crippen LogP contribution in [0.15, 0.2) is 18.5 Å². The van der Waals surface area contributed by atoms with E-state index in [1.807, 2.05) is 17.4 Å². The summed E-state index contributed by atoms with van der Waals surface area (Å²) in [7, 11) is 0. The highest BCUT2D eigenvalue weighted by Crippen LogP contribution is 2.42. The van der Waals surface area contributed by atoms with Gasteiger partial charge >= 0.3 is 12.1 Å². The van der Waals surface area contributed by atoms with Crippen molar-refractivity contribution in [3.8, 4) is 0 Å². The second-order valence-electron chi connectivity index (χ2n) is 7.19. The minimum Gasteiger partial charge on any atom is -0.462 e. The highest BCUT2D eigenvalue weighted by Gasteiger charge is 2.39. The fourth-order valence-corrected chi connectivity index (χ4v) is 4.06. The van der Waals surface area contributed by atoms with E-state index in [-0.39, 0.29) is 11.8 Å². The van der Waals surface area contributed by atoms with E-state index in [2.05, 4.69) is 20.2 Å². The van der Waals surface area contributed by atoms with Crippen LogP contribution in [0.25, 0.3) is 16.8 Å². The van der Waals surface area contributed by atoms with Gasteiger partial charge in [0.1, 0.15) is 11.9 Å². The average molecular weight is 395 g/mol. The van der Waals surface area contributed by atoms with E-state index in [1.165, 1.54) is 0 Å². The first kappa shape index (κ1) is 18.7. The fraction of sp³-hybridized carbons (Fsp3) is 0.556. The van der Waals surface area contributed by atoms with Crippen molar-refractivity contribution in [2.24, 2.45) is 5.92 Å². The maximum absolute atomic E-state index is 12.3. The maximum atomic E-state index is 12.3. The third-order valence-corrected chi connectivity index (χ3v) is 5.39. The number of carbonyl (C=O) groups excluding carboxylic acids is 1. The molecule has 10 heteroatoms. The molecule has 3 aromatic rings. The van der Waals surface area contributed by atoms with Crippen molar-refractivity contribution in [2.45, 2.75) is 57.2 Å². The van der Waals surface area contributed by atoms with Gasteiger partial charge in [-0.1, -0.05) is 13.3 Å². The molecule has 7 nitrogen and oxygen atoms in total. The van der Waals surface area contributed by atoms with Crippen LogP contribution < -0.4 is 0 Å². The van der Waals surface area contributed by atoms with Gasteiger partial charge in [0.15, 0.2) is 11.3 Å². The minimum atomic E-state index is -4.36. The smallest absolute Gasteiger partial charge is 0.389 e. The number of H-pyrrole nitrogens is 1. The van der Waals surface area contributed by atoms with Gasteiger partial charge in [-0.3, -0.25) is 9.20 Å². The van der Waals surface area contributed by atoms with E-state index < -0.39 is 31.1 Å². The summed E-state index contributed by atoms with van der Waals surface area (Å²) in [6.07, 6.45) is -1.18. The van der Waals surface area contributed by atoms with Gasteiger partial charge in [-0.25, -0.2) is 4.98 Å². The zero-order valence-electron chi connectivity index (χ0n) is 15.2. The van der Waals surface area contributed by atoms with E-state index in [4.69, 9.17) is 4.74 Å². The van der Waals surface area contributed by atoms with Crippen LogP contribution in [0.3, 0.4) is 0 Å². The molecule has 1 saturated carbocycles. The Balaban J connectivity index is 1.54. The van der Waals surface area contributed by atoms with Crippen LogP contribution in [0.1, 0.15) is 50.8 Å². The lowest BCUT2D eigenvalue weighted by atomic mass is 9.93. The summed E-state index contributed by atoms with van der Waals surface area (Å²) in [5, 5.41) is 8.57. The molecule has 150 valence electrons. The number of halogens is 3. The van der Waals surface area contributed by atoms with Crippen molar-refractivity contribution in [1.29, 1.82) is 0 Å². The average Bonchev–Trinajstić information content (AvgIpc) is 3.35. The third kappa shape index (κ3) is 3.55. The van der Waals surface area contributed by atoms with Gasteiger partial charge in [0, 0.05) is 12.1 Å². The Morgan fingerprint density at radius 2 is 2.18 bits per heavy atom. The van der Waals surface area contributed by atoms with Crippen LogP contribution in [0.4, 0.5) is 13.2 Å². The molecule has 3 atom stereocenters. The first-order valence-electron chi connectivity index (χ1n) is 9.29. The molecule has 3 heterocycles. The Labute approximate surface area is 158 Å². The van der Waals surface area contributed by atoms with Crippen LogP contribution in [-0.4, -0.2) is 42.8 Å². The van der Waals surface area contributed by atoms with Crippen LogP contribution in [0, 0.1) is 5.92 Å². The number of hydrogen-bond donors (Lipinski definition) is 1. The molecule has 0 aliphatic heterocycles. The van der Waals surface area contributed by atoms with Gasteiger partial charge in [0.05, 0.1) is 24.6 Å². The molecule has 0 radical (unpaired) electrons. The van der Waals surface area contributed by atoms with Crippen molar-refractivity contribution < 1.29 is 22.7 Å². The van der Waals surface area contributed by atoms with Crippen molar-refractivity contribution in [2.75, 3.05) is 0 Å². The Morgan fingerprint density at radius 1 is 1.36 bits per heavy atom. The van der Waals surface area contributed by atoms with Crippen LogP contribution in [0.5, 0.6) is 0 Å². The molecular weight excluding hydrogens is 375 g/mol. The number of rotatable bonds is 5. The number of fused-ring (bicyclic) bond motifs is 3. The number of aromatic nitrogens is 5. The Morgan fingerprint density at radius 3 is 2.93 bits per heavy atom. The van der Waals surface area contributed by atoms with Gasteiger partial charge in [0.2, 0.25) is 0 Å². The number of carbonyl (C=O) groups is 1. The monoisotopic (exact) mass is 395 g/mol. The van der Waals surface area contributed by atoms with Crippen molar-refractivity contribution in [3.63, 3.8) is 0 Å². The lowest BCUT2D eigenvalue weighted by molar-refractivity contribution is -0.161. The predicted molar refractivity (Wildman–Crippen MR) is 93.6 cm³/mol. The van der Waals surface area contributed by atoms with E-state index in [1.54, 1.807) is 12.4 Å². The quantitative estimate of drug-likeness (QED) is 0.665. The molecule has 1 aliphatic carbocycles. The lowest BCUT2D eigenvalue weighted by Gasteiger charge is -2.15. The first-order valence-corrected chi connectivity index (χ1v) is 9.29. The van der Waals surface area contributed by atoms with Crippen LogP contribution >= 0.6 is 0 Å². The SMILES string of the molecule is CC[C@@H]1C[C@@H](OC(=O)CCC(F)(F)F)C[C@@H]1c1nnc2cnc3[nH]ccc3n12. The molecule has 3 aromatic heterocycles. The molecule has 1 N–H and O–H groups in total. The zero-order chi connectivity index (χ0) is 19.9. The molecule has 1 fully saturated rings. The molecule has 0 amide bonds. The Bertz CT molecular complexity index is 996. The second-order valence-corrected chi connectivity index (χ2v) is 7.19. The molecule has 4 rings (SSSR count). The summed E-state index contributed by atoms with van der Waals surface area (Å²) in [6.45, 7) is 2.04. The van der Waals surface area contributed by atoms with Crippen LogP contribution in [-0.2, 0) is 9.53 Å². The molecule has 28 heavy (non-hydrogen) atoms. The van der Waals surface area contributed by atoms with E-state index in [0.717, 1.165) is 23.4 Å². The fourth-order valence-electron chi connectivity index (χ4n) is 4.06. The maximum Gasteiger partial charge on any atom is 0.389 e. The Hall–Kier alpha value is -2.65. The summed E-state index contributed by atoms with van der Waals surface area (Å²) in [6, 6.07) is 1.90.